The Kier molecular flexibility index (Phi) is 4.83. The first kappa shape index (κ1) is 14.6. The van der Waals surface area contributed by atoms with Crippen LogP contribution in [0.3, 0.4) is 0 Å². The van der Waals surface area contributed by atoms with E-state index >= 15 is 0 Å². The van der Waals surface area contributed by atoms with Crippen LogP contribution in [-0.4, -0.2) is 31.0 Å². The standard InChI is InChI=1S/C15H20N2O3/c1-3-19-15-7-11-6-10(2)20-14(11)8-12(15)13(9-16)17-4-5-18/h7-8,10,13,17-18H,3-6H2,1-2H3. The number of aliphatic hydroxyl groups is 1. The van der Waals surface area contributed by atoms with Crippen molar-refractivity contribution in [3.8, 4) is 17.6 Å². The van der Waals surface area contributed by atoms with Gasteiger partial charge in [0, 0.05) is 24.1 Å². The number of nitrogens with zero attached hydrogens (tertiary/aromatic N) is 1. The Morgan fingerprint density at radius 2 is 2.40 bits per heavy atom. The van der Waals surface area contributed by atoms with Crippen LogP contribution >= 0.6 is 0 Å². The number of hydrogen-bond donors (Lipinski definition) is 2. The first-order valence-corrected chi connectivity index (χ1v) is 6.89. The summed E-state index contributed by atoms with van der Waals surface area (Å²) in [5.41, 5.74) is 1.87. The number of fused-ring (bicyclic) bond motifs is 1. The first-order chi connectivity index (χ1) is 9.69. The SMILES string of the molecule is CCOc1cc2c(cc1C(C#N)NCCO)OC(C)C2. The van der Waals surface area contributed by atoms with Crippen LogP contribution < -0.4 is 14.8 Å². The average Bonchev–Trinajstić information content (AvgIpc) is 2.79. The van der Waals surface area contributed by atoms with Gasteiger partial charge in [-0.25, -0.2) is 0 Å². The predicted molar refractivity (Wildman–Crippen MR) is 74.8 cm³/mol. The van der Waals surface area contributed by atoms with Gasteiger partial charge < -0.3 is 14.6 Å². The minimum absolute atomic E-state index is 0.0133. The van der Waals surface area contributed by atoms with E-state index < -0.39 is 6.04 Å². The van der Waals surface area contributed by atoms with Crippen LogP contribution in [0.4, 0.5) is 0 Å². The Balaban J connectivity index is 2.35. The van der Waals surface area contributed by atoms with Crippen molar-refractivity contribution in [1.82, 2.24) is 5.32 Å². The minimum atomic E-state index is -0.520. The summed E-state index contributed by atoms with van der Waals surface area (Å²) in [6, 6.07) is 5.51. The lowest BCUT2D eigenvalue weighted by atomic mass is 10.0. The van der Waals surface area contributed by atoms with Crippen LogP contribution in [-0.2, 0) is 6.42 Å². The molecule has 2 unspecified atom stereocenters. The first-order valence-electron chi connectivity index (χ1n) is 6.89. The van der Waals surface area contributed by atoms with Crippen LogP contribution in [0, 0.1) is 11.3 Å². The quantitative estimate of drug-likeness (QED) is 0.824. The van der Waals surface area contributed by atoms with Gasteiger partial charge in [0.25, 0.3) is 0 Å². The van der Waals surface area contributed by atoms with E-state index in [1.165, 1.54) is 0 Å². The second kappa shape index (κ2) is 6.60. The van der Waals surface area contributed by atoms with Gasteiger partial charge in [0.15, 0.2) is 0 Å². The maximum Gasteiger partial charge on any atom is 0.125 e. The van der Waals surface area contributed by atoms with E-state index in [1.807, 2.05) is 26.0 Å². The zero-order valence-corrected chi connectivity index (χ0v) is 11.8. The summed E-state index contributed by atoms with van der Waals surface area (Å²) in [5, 5.41) is 21.2. The Morgan fingerprint density at radius 1 is 1.60 bits per heavy atom. The summed E-state index contributed by atoms with van der Waals surface area (Å²) in [6.45, 7) is 4.82. The van der Waals surface area contributed by atoms with Gasteiger partial charge in [-0.1, -0.05) is 0 Å². The molecule has 0 amide bonds. The molecular formula is C15H20N2O3. The molecule has 0 fully saturated rings. The molecule has 0 saturated heterocycles. The van der Waals surface area contributed by atoms with Gasteiger partial charge in [-0.15, -0.1) is 0 Å². The van der Waals surface area contributed by atoms with Crippen LogP contribution in [0.2, 0.25) is 0 Å². The highest BCUT2D eigenvalue weighted by atomic mass is 16.5. The molecule has 5 nitrogen and oxygen atoms in total. The van der Waals surface area contributed by atoms with Crippen molar-refractivity contribution in [1.29, 1.82) is 5.26 Å². The fourth-order valence-corrected chi connectivity index (χ4v) is 2.40. The Labute approximate surface area is 119 Å². The number of benzene rings is 1. The van der Waals surface area contributed by atoms with Crippen molar-refractivity contribution in [2.75, 3.05) is 19.8 Å². The van der Waals surface area contributed by atoms with Crippen molar-refractivity contribution in [3.63, 3.8) is 0 Å². The lowest BCUT2D eigenvalue weighted by Crippen LogP contribution is -2.24. The number of hydrogen-bond acceptors (Lipinski definition) is 5. The molecule has 0 aliphatic carbocycles. The molecule has 0 saturated carbocycles. The Hall–Kier alpha value is -1.77. The van der Waals surface area contributed by atoms with Crippen molar-refractivity contribution in [3.05, 3.63) is 23.3 Å². The predicted octanol–water partition coefficient (Wildman–Crippen LogP) is 1.56. The van der Waals surface area contributed by atoms with E-state index in [2.05, 4.69) is 11.4 Å². The molecule has 2 atom stereocenters. The van der Waals surface area contributed by atoms with E-state index in [0.717, 1.165) is 23.3 Å². The number of nitrogens with one attached hydrogen (secondary N) is 1. The van der Waals surface area contributed by atoms with E-state index in [0.29, 0.717) is 18.9 Å². The molecule has 1 heterocycles. The van der Waals surface area contributed by atoms with Gasteiger partial charge in [-0.05, 0) is 26.0 Å². The third kappa shape index (κ3) is 3.03. The van der Waals surface area contributed by atoms with Gasteiger partial charge in [-0.3, -0.25) is 5.32 Å². The highest BCUT2D eigenvalue weighted by molar-refractivity contribution is 5.51. The van der Waals surface area contributed by atoms with E-state index in [9.17, 15) is 5.26 Å². The Morgan fingerprint density at radius 3 is 3.05 bits per heavy atom. The summed E-state index contributed by atoms with van der Waals surface area (Å²) in [5.74, 6) is 1.53. The number of aliphatic hydroxyl groups excluding tert-OH is 1. The summed E-state index contributed by atoms with van der Waals surface area (Å²) in [4.78, 5) is 0. The largest absolute Gasteiger partial charge is 0.493 e. The fourth-order valence-electron chi connectivity index (χ4n) is 2.40. The molecule has 108 valence electrons. The average molecular weight is 276 g/mol. The number of ether oxygens (including phenoxy) is 2. The highest BCUT2D eigenvalue weighted by Crippen LogP contribution is 2.37. The number of nitriles is 1. The molecule has 2 rings (SSSR count). The molecule has 0 bridgehead atoms. The van der Waals surface area contributed by atoms with Crippen LogP contribution in [0.5, 0.6) is 11.5 Å². The zero-order chi connectivity index (χ0) is 14.5. The van der Waals surface area contributed by atoms with E-state index in [1.54, 1.807) is 0 Å². The van der Waals surface area contributed by atoms with E-state index in [-0.39, 0.29) is 12.7 Å². The molecule has 5 heteroatoms. The Bertz CT molecular complexity index is 511. The molecule has 20 heavy (non-hydrogen) atoms. The second-order valence-corrected chi connectivity index (χ2v) is 4.80. The topological polar surface area (TPSA) is 74.5 Å². The third-order valence-electron chi connectivity index (χ3n) is 3.23. The van der Waals surface area contributed by atoms with Gasteiger partial charge in [0.2, 0.25) is 0 Å². The van der Waals surface area contributed by atoms with Gasteiger partial charge in [0.1, 0.15) is 23.6 Å². The normalized spacial score (nSPS) is 18.0. The third-order valence-corrected chi connectivity index (χ3v) is 3.23. The molecule has 0 aromatic heterocycles. The van der Waals surface area contributed by atoms with Crippen LogP contribution in [0.1, 0.15) is 31.0 Å². The summed E-state index contributed by atoms with van der Waals surface area (Å²) >= 11 is 0. The molecule has 1 aromatic carbocycles. The van der Waals surface area contributed by atoms with Crippen molar-refractivity contribution < 1.29 is 14.6 Å². The van der Waals surface area contributed by atoms with Crippen LogP contribution in [0.25, 0.3) is 0 Å². The molecule has 1 aromatic rings. The maximum atomic E-state index is 9.31. The zero-order valence-electron chi connectivity index (χ0n) is 11.8. The summed E-state index contributed by atoms with van der Waals surface area (Å²) < 4.78 is 11.4. The second-order valence-electron chi connectivity index (χ2n) is 4.80. The number of rotatable bonds is 6. The minimum Gasteiger partial charge on any atom is -0.493 e. The summed E-state index contributed by atoms with van der Waals surface area (Å²) in [6.07, 6.45) is 1.01. The fraction of sp³-hybridized carbons (Fsp3) is 0.533. The molecular weight excluding hydrogens is 256 g/mol. The van der Waals surface area contributed by atoms with Gasteiger partial charge in [-0.2, -0.15) is 5.26 Å². The monoisotopic (exact) mass is 276 g/mol. The van der Waals surface area contributed by atoms with Crippen molar-refractivity contribution in [2.24, 2.45) is 0 Å². The van der Waals surface area contributed by atoms with Crippen molar-refractivity contribution in [2.45, 2.75) is 32.4 Å². The molecule has 0 spiro atoms. The smallest absolute Gasteiger partial charge is 0.125 e. The summed E-state index contributed by atoms with van der Waals surface area (Å²) in [7, 11) is 0. The lowest BCUT2D eigenvalue weighted by Gasteiger charge is -2.17. The van der Waals surface area contributed by atoms with Crippen molar-refractivity contribution >= 4 is 0 Å². The molecule has 0 radical (unpaired) electrons. The van der Waals surface area contributed by atoms with Gasteiger partial charge >= 0.3 is 0 Å². The molecule has 1 aliphatic heterocycles. The lowest BCUT2D eigenvalue weighted by molar-refractivity contribution is 0.254. The molecule has 2 N–H and O–H groups in total. The van der Waals surface area contributed by atoms with Gasteiger partial charge in [0.05, 0.1) is 19.3 Å². The highest BCUT2D eigenvalue weighted by Gasteiger charge is 2.24. The van der Waals surface area contributed by atoms with E-state index in [4.69, 9.17) is 14.6 Å². The van der Waals surface area contributed by atoms with Crippen LogP contribution in [0.15, 0.2) is 12.1 Å². The molecule has 1 aliphatic rings. The maximum absolute atomic E-state index is 9.31.